The molecule has 0 bridgehead atoms. The van der Waals surface area contributed by atoms with Gasteiger partial charge in [0.15, 0.2) is 0 Å². The van der Waals surface area contributed by atoms with E-state index in [2.05, 4.69) is 4.72 Å². The summed E-state index contributed by atoms with van der Waals surface area (Å²) in [6, 6.07) is 2.26. The standard InChI is InChI=1S/C13H20N2O4S/c1-5-19-13(16)10(4)15-20(17,18)12-7-8(2)6-11(14)9(12)3/h6-7,10,15H,5,14H2,1-4H3. The van der Waals surface area contributed by atoms with E-state index in [0.29, 0.717) is 11.3 Å². The van der Waals surface area contributed by atoms with Gasteiger partial charge in [-0.05, 0) is 51.0 Å². The molecule has 0 aliphatic heterocycles. The zero-order valence-corrected chi connectivity index (χ0v) is 12.9. The molecule has 0 saturated carbocycles. The van der Waals surface area contributed by atoms with Crippen molar-refractivity contribution in [2.24, 2.45) is 0 Å². The van der Waals surface area contributed by atoms with Gasteiger partial charge < -0.3 is 10.5 Å². The molecule has 1 aromatic carbocycles. The monoisotopic (exact) mass is 300 g/mol. The van der Waals surface area contributed by atoms with E-state index in [1.807, 2.05) is 0 Å². The second kappa shape index (κ2) is 6.23. The van der Waals surface area contributed by atoms with Gasteiger partial charge in [-0.15, -0.1) is 0 Å². The Morgan fingerprint density at radius 2 is 2.00 bits per heavy atom. The Bertz CT molecular complexity index is 611. The van der Waals surface area contributed by atoms with Crippen LogP contribution in [0.1, 0.15) is 25.0 Å². The molecule has 20 heavy (non-hydrogen) atoms. The van der Waals surface area contributed by atoms with Gasteiger partial charge in [-0.2, -0.15) is 4.72 Å². The van der Waals surface area contributed by atoms with Crippen molar-refractivity contribution in [1.29, 1.82) is 0 Å². The minimum absolute atomic E-state index is 0.0751. The van der Waals surface area contributed by atoms with Crippen molar-refractivity contribution >= 4 is 21.7 Å². The van der Waals surface area contributed by atoms with E-state index in [9.17, 15) is 13.2 Å². The zero-order chi connectivity index (χ0) is 15.5. The first-order valence-electron chi connectivity index (χ1n) is 6.24. The van der Waals surface area contributed by atoms with Gasteiger partial charge in [0.1, 0.15) is 6.04 Å². The maximum Gasteiger partial charge on any atom is 0.323 e. The van der Waals surface area contributed by atoms with Crippen molar-refractivity contribution in [3.05, 3.63) is 23.3 Å². The molecule has 0 aliphatic carbocycles. The van der Waals surface area contributed by atoms with Gasteiger partial charge in [0.25, 0.3) is 0 Å². The first-order valence-corrected chi connectivity index (χ1v) is 7.73. The summed E-state index contributed by atoms with van der Waals surface area (Å²) in [6.45, 7) is 6.66. The number of esters is 1. The Kier molecular flexibility index (Phi) is 5.13. The third kappa shape index (κ3) is 3.71. The number of rotatable bonds is 5. The first-order chi connectivity index (χ1) is 9.19. The largest absolute Gasteiger partial charge is 0.465 e. The Morgan fingerprint density at radius 3 is 2.55 bits per heavy atom. The van der Waals surface area contributed by atoms with E-state index in [-0.39, 0.29) is 11.5 Å². The van der Waals surface area contributed by atoms with Crippen LogP contribution in [0.2, 0.25) is 0 Å². The average Bonchev–Trinajstić information content (AvgIpc) is 2.33. The van der Waals surface area contributed by atoms with Crippen molar-refractivity contribution in [2.45, 2.75) is 38.6 Å². The quantitative estimate of drug-likeness (QED) is 0.627. The Morgan fingerprint density at radius 1 is 1.40 bits per heavy atom. The minimum Gasteiger partial charge on any atom is -0.465 e. The van der Waals surface area contributed by atoms with Crippen molar-refractivity contribution < 1.29 is 17.9 Å². The third-order valence-corrected chi connectivity index (χ3v) is 4.47. The Hall–Kier alpha value is -1.60. The molecule has 1 atom stereocenters. The maximum absolute atomic E-state index is 12.3. The van der Waals surface area contributed by atoms with Gasteiger partial charge >= 0.3 is 5.97 Å². The fraction of sp³-hybridized carbons (Fsp3) is 0.462. The van der Waals surface area contributed by atoms with Crippen LogP contribution in [-0.2, 0) is 19.6 Å². The molecule has 1 aromatic rings. The lowest BCUT2D eigenvalue weighted by atomic mass is 10.1. The van der Waals surface area contributed by atoms with Crippen LogP contribution in [0.5, 0.6) is 0 Å². The summed E-state index contributed by atoms with van der Waals surface area (Å²) in [5.41, 5.74) is 7.36. The smallest absolute Gasteiger partial charge is 0.323 e. The molecule has 1 rings (SSSR count). The molecular formula is C13H20N2O4S. The van der Waals surface area contributed by atoms with Crippen LogP contribution < -0.4 is 10.5 Å². The lowest BCUT2D eigenvalue weighted by Gasteiger charge is -2.15. The van der Waals surface area contributed by atoms with Crippen LogP contribution in [0.3, 0.4) is 0 Å². The Labute approximate surface area is 119 Å². The number of carbonyl (C=O) groups excluding carboxylic acids is 1. The summed E-state index contributed by atoms with van der Waals surface area (Å²) in [7, 11) is -3.83. The number of carbonyl (C=O) groups is 1. The second-order valence-corrected chi connectivity index (χ2v) is 6.25. The lowest BCUT2D eigenvalue weighted by molar-refractivity contribution is -0.144. The number of anilines is 1. The van der Waals surface area contributed by atoms with Gasteiger partial charge in [0.05, 0.1) is 11.5 Å². The minimum atomic E-state index is -3.83. The van der Waals surface area contributed by atoms with E-state index in [0.717, 1.165) is 5.56 Å². The average molecular weight is 300 g/mol. The molecule has 0 saturated heterocycles. The molecule has 1 unspecified atom stereocenters. The van der Waals surface area contributed by atoms with Crippen LogP contribution >= 0.6 is 0 Å². The molecular weight excluding hydrogens is 280 g/mol. The maximum atomic E-state index is 12.3. The van der Waals surface area contributed by atoms with Crippen LogP contribution in [0, 0.1) is 13.8 Å². The SMILES string of the molecule is CCOC(=O)C(C)NS(=O)(=O)c1cc(C)cc(N)c1C. The number of hydrogen-bond donors (Lipinski definition) is 2. The van der Waals surface area contributed by atoms with Crippen molar-refractivity contribution in [1.82, 2.24) is 4.72 Å². The lowest BCUT2D eigenvalue weighted by Crippen LogP contribution is -2.39. The normalized spacial score (nSPS) is 13.0. The number of sulfonamides is 1. The number of aryl methyl sites for hydroxylation is 1. The number of nitrogens with two attached hydrogens (primary N) is 1. The van der Waals surface area contributed by atoms with Crippen LogP contribution in [-0.4, -0.2) is 27.0 Å². The van der Waals surface area contributed by atoms with Crippen molar-refractivity contribution in [3.63, 3.8) is 0 Å². The van der Waals surface area contributed by atoms with E-state index >= 15 is 0 Å². The van der Waals surface area contributed by atoms with Crippen molar-refractivity contribution in [3.8, 4) is 0 Å². The van der Waals surface area contributed by atoms with Gasteiger partial charge in [0, 0.05) is 5.69 Å². The number of nitrogen functional groups attached to an aromatic ring is 1. The van der Waals surface area contributed by atoms with E-state index < -0.39 is 22.0 Å². The van der Waals surface area contributed by atoms with E-state index in [1.165, 1.54) is 13.0 Å². The summed E-state index contributed by atoms with van der Waals surface area (Å²) < 4.78 is 31.7. The number of ether oxygens (including phenoxy) is 1. The third-order valence-electron chi connectivity index (χ3n) is 2.81. The van der Waals surface area contributed by atoms with Crippen LogP contribution in [0.25, 0.3) is 0 Å². The van der Waals surface area contributed by atoms with Crippen LogP contribution in [0.4, 0.5) is 5.69 Å². The Balaban J connectivity index is 3.09. The second-order valence-electron chi connectivity index (χ2n) is 4.57. The number of benzene rings is 1. The molecule has 7 heteroatoms. The fourth-order valence-electron chi connectivity index (χ4n) is 1.74. The molecule has 6 nitrogen and oxygen atoms in total. The molecule has 0 amide bonds. The summed E-state index contributed by atoms with van der Waals surface area (Å²) in [4.78, 5) is 11.6. The number of nitrogens with one attached hydrogen (secondary N) is 1. The van der Waals surface area contributed by atoms with Gasteiger partial charge in [-0.1, -0.05) is 0 Å². The summed E-state index contributed by atoms with van der Waals surface area (Å²) in [5.74, 6) is -0.616. The zero-order valence-electron chi connectivity index (χ0n) is 12.1. The number of hydrogen-bond acceptors (Lipinski definition) is 5. The highest BCUT2D eigenvalue weighted by Crippen LogP contribution is 2.23. The highest BCUT2D eigenvalue weighted by Gasteiger charge is 2.25. The molecule has 3 N–H and O–H groups in total. The predicted octanol–water partition coefficient (Wildman–Crippen LogP) is 1.12. The summed E-state index contributed by atoms with van der Waals surface area (Å²) in [5, 5.41) is 0. The summed E-state index contributed by atoms with van der Waals surface area (Å²) >= 11 is 0. The van der Waals surface area contributed by atoms with Gasteiger partial charge in [-0.25, -0.2) is 8.42 Å². The summed E-state index contributed by atoms with van der Waals surface area (Å²) in [6.07, 6.45) is 0. The molecule has 0 spiro atoms. The van der Waals surface area contributed by atoms with Gasteiger partial charge in [0.2, 0.25) is 10.0 Å². The van der Waals surface area contributed by atoms with E-state index in [1.54, 1.807) is 26.8 Å². The molecule has 0 aromatic heterocycles. The molecule has 0 fully saturated rings. The topological polar surface area (TPSA) is 98.5 Å². The molecule has 0 radical (unpaired) electrons. The predicted molar refractivity (Wildman–Crippen MR) is 76.7 cm³/mol. The van der Waals surface area contributed by atoms with E-state index in [4.69, 9.17) is 10.5 Å². The van der Waals surface area contributed by atoms with Crippen LogP contribution in [0.15, 0.2) is 17.0 Å². The molecule has 0 aliphatic rings. The van der Waals surface area contributed by atoms with Gasteiger partial charge in [-0.3, -0.25) is 4.79 Å². The van der Waals surface area contributed by atoms with Crippen molar-refractivity contribution in [2.75, 3.05) is 12.3 Å². The molecule has 112 valence electrons. The highest BCUT2D eigenvalue weighted by molar-refractivity contribution is 7.89. The fourth-order valence-corrected chi connectivity index (χ4v) is 3.29. The first kappa shape index (κ1) is 16.5. The highest BCUT2D eigenvalue weighted by atomic mass is 32.2. The molecule has 0 heterocycles.